The SMILES string of the molecule is CNc1nc(N[C@H]2CCN(C3COC3)C[C@H]2F)nn2ccc(-c3ccc4nc(C)n(CC(F)(F)F)c4n3)c12. The van der Waals surface area contributed by atoms with E-state index in [9.17, 15) is 17.6 Å². The van der Waals surface area contributed by atoms with Gasteiger partial charge >= 0.3 is 6.18 Å². The van der Waals surface area contributed by atoms with E-state index in [-0.39, 0.29) is 17.4 Å². The van der Waals surface area contributed by atoms with Crippen LogP contribution in [0.4, 0.5) is 29.3 Å². The van der Waals surface area contributed by atoms with Crippen LogP contribution in [0, 0.1) is 6.92 Å². The molecule has 2 fully saturated rings. The smallest absolute Gasteiger partial charge is 0.378 e. The van der Waals surface area contributed by atoms with Crippen LogP contribution >= 0.6 is 0 Å². The van der Waals surface area contributed by atoms with E-state index in [0.717, 1.165) is 11.1 Å². The molecule has 0 radical (unpaired) electrons. The minimum atomic E-state index is -4.41. The number of pyridine rings is 1. The zero-order valence-electron chi connectivity index (χ0n) is 20.8. The van der Waals surface area contributed by atoms with Gasteiger partial charge in [-0.15, -0.1) is 5.10 Å². The molecule has 2 N–H and O–H groups in total. The first-order chi connectivity index (χ1) is 18.2. The molecule has 2 aliphatic heterocycles. The number of nitrogens with zero attached hydrogens (tertiary/aromatic N) is 7. The van der Waals surface area contributed by atoms with Crippen molar-refractivity contribution in [1.29, 1.82) is 0 Å². The largest absolute Gasteiger partial charge is 0.406 e. The number of aromatic nitrogens is 6. The lowest BCUT2D eigenvalue weighted by Crippen LogP contribution is -2.57. The van der Waals surface area contributed by atoms with Gasteiger partial charge in [0.2, 0.25) is 5.95 Å². The number of hydrogen-bond acceptors (Lipinski definition) is 8. The average Bonchev–Trinajstić information content (AvgIpc) is 3.39. The van der Waals surface area contributed by atoms with Gasteiger partial charge in [0.1, 0.15) is 29.6 Å². The molecule has 0 bridgehead atoms. The molecule has 0 unspecified atom stereocenters. The van der Waals surface area contributed by atoms with Crippen LogP contribution in [0.25, 0.3) is 27.9 Å². The molecule has 4 aromatic rings. The Morgan fingerprint density at radius 2 is 1.95 bits per heavy atom. The number of ether oxygens (including phenoxy) is 1. The summed E-state index contributed by atoms with van der Waals surface area (Å²) in [6, 6.07) is 5.00. The highest BCUT2D eigenvalue weighted by Gasteiger charge is 2.36. The highest BCUT2D eigenvalue weighted by molar-refractivity contribution is 5.89. The number of hydrogen-bond donors (Lipinski definition) is 2. The van der Waals surface area contributed by atoms with E-state index >= 15 is 0 Å². The Kier molecular flexibility index (Phi) is 6.10. The van der Waals surface area contributed by atoms with Crippen molar-refractivity contribution in [2.75, 3.05) is 44.0 Å². The van der Waals surface area contributed by atoms with Crippen molar-refractivity contribution in [3.8, 4) is 11.3 Å². The predicted octanol–water partition coefficient (Wildman–Crippen LogP) is 3.28. The third-order valence-corrected chi connectivity index (χ3v) is 7.17. The number of halogens is 4. The van der Waals surface area contributed by atoms with Crippen LogP contribution in [-0.4, -0.2) is 91.8 Å². The summed E-state index contributed by atoms with van der Waals surface area (Å²) in [7, 11) is 1.71. The molecule has 0 aromatic carbocycles. The third-order valence-electron chi connectivity index (χ3n) is 7.17. The fraction of sp³-hybridized carbons (Fsp3) is 0.500. The number of aryl methyl sites for hydroxylation is 1. The molecule has 0 spiro atoms. The standard InChI is InChI=1S/C24H27F4N9O/c1-13-30-19-4-3-17(31-22(19)36(13)12-24(26,27)28)15-5-8-37-20(15)21(29-2)33-23(34-37)32-18-6-7-35(9-16(18)25)14-10-38-11-14/h3-5,8,14,16,18H,6-7,9-12H2,1-2H3,(H2,29,32,33,34)/t16-,18+/m1/s1. The normalized spacial score (nSPS) is 21.2. The second kappa shape index (κ2) is 9.34. The van der Waals surface area contributed by atoms with Crippen molar-refractivity contribution in [1.82, 2.24) is 34.0 Å². The molecule has 14 heteroatoms. The van der Waals surface area contributed by atoms with Gasteiger partial charge in [-0.3, -0.25) is 4.90 Å². The number of likely N-dealkylation sites (tertiary alicyclic amines) is 1. The van der Waals surface area contributed by atoms with Crippen LogP contribution in [0.15, 0.2) is 24.4 Å². The topological polar surface area (TPSA) is 97.4 Å². The Bertz CT molecular complexity index is 1480. The Morgan fingerprint density at radius 3 is 2.63 bits per heavy atom. The van der Waals surface area contributed by atoms with Gasteiger partial charge < -0.3 is 19.9 Å². The number of imidazole rings is 1. The summed E-state index contributed by atoms with van der Waals surface area (Å²) in [5.41, 5.74) is 2.22. The molecule has 2 atom stereocenters. The summed E-state index contributed by atoms with van der Waals surface area (Å²) in [5.74, 6) is 0.986. The second-order valence-electron chi connectivity index (χ2n) is 9.70. The number of nitrogens with one attached hydrogen (secondary N) is 2. The molecular weight excluding hydrogens is 506 g/mol. The molecule has 0 aliphatic carbocycles. The minimum absolute atomic E-state index is 0.149. The van der Waals surface area contributed by atoms with Crippen LogP contribution in [0.1, 0.15) is 12.2 Å². The van der Waals surface area contributed by atoms with Gasteiger partial charge in [-0.2, -0.15) is 18.2 Å². The van der Waals surface area contributed by atoms with Crippen molar-refractivity contribution in [2.24, 2.45) is 0 Å². The van der Waals surface area contributed by atoms with E-state index in [1.807, 2.05) is 0 Å². The highest BCUT2D eigenvalue weighted by atomic mass is 19.4. The molecule has 2 saturated heterocycles. The van der Waals surface area contributed by atoms with Crippen molar-refractivity contribution in [2.45, 2.75) is 44.3 Å². The predicted molar refractivity (Wildman–Crippen MR) is 133 cm³/mol. The number of alkyl halides is 4. The van der Waals surface area contributed by atoms with Crippen LogP contribution in [0.5, 0.6) is 0 Å². The monoisotopic (exact) mass is 533 g/mol. The van der Waals surface area contributed by atoms with Gasteiger partial charge in [-0.05, 0) is 31.5 Å². The van der Waals surface area contributed by atoms with Gasteiger partial charge in [0.15, 0.2) is 11.5 Å². The van der Waals surface area contributed by atoms with Crippen molar-refractivity contribution >= 4 is 28.4 Å². The third kappa shape index (κ3) is 4.51. The van der Waals surface area contributed by atoms with Crippen LogP contribution < -0.4 is 10.6 Å². The number of piperidine rings is 1. The molecule has 0 saturated carbocycles. The fourth-order valence-electron chi connectivity index (χ4n) is 5.12. The molecule has 0 amide bonds. The lowest BCUT2D eigenvalue weighted by molar-refractivity contribution is -0.140. The molecule has 10 nitrogen and oxygen atoms in total. The van der Waals surface area contributed by atoms with Gasteiger partial charge in [0.05, 0.1) is 31.0 Å². The summed E-state index contributed by atoms with van der Waals surface area (Å²) in [5, 5.41) is 10.7. The number of rotatable bonds is 6. The van der Waals surface area contributed by atoms with Gasteiger partial charge in [-0.25, -0.2) is 18.9 Å². The first-order valence-electron chi connectivity index (χ1n) is 12.4. The Balaban J connectivity index is 1.30. The van der Waals surface area contributed by atoms with Gasteiger partial charge in [0, 0.05) is 31.9 Å². The molecule has 4 aromatic heterocycles. The maximum atomic E-state index is 15.0. The van der Waals surface area contributed by atoms with E-state index in [4.69, 9.17) is 4.74 Å². The summed E-state index contributed by atoms with van der Waals surface area (Å²) in [6.07, 6.45) is -3.16. The van der Waals surface area contributed by atoms with Gasteiger partial charge in [0.25, 0.3) is 0 Å². The van der Waals surface area contributed by atoms with E-state index in [1.165, 1.54) is 6.92 Å². The van der Waals surface area contributed by atoms with Crippen molar-refractivity contribution in [3.05, 3.63) is 30.2 Å². The quantitative estimate of drug-likeness (QED) is 0.365. The van der Waals surface area contributed by atoms with E-state index in [0.29, 0.717) is 60.3 Å². The average molecular weight is 534 g/mol. The lowest BCUT2D eigenvalue weighted by atomic mass is 10.0. The maximum Gasteiger partial charge on any atom is 0.406 e. The molecule has 38 heavy (non-hydrogen) atoms. The van der Waals surface area contributed by atoms with E-state index < -0.39 is 24.9 Å². The molecular formula is C24H27F4N9O. The lowest BCUT2D eigenvalue weighted by Gasteiger charge is -2.42. The van der Waals surface area contributed by atoms with Crippen LogP contribution in [0.2, 0.25) is 0 Å². The summed E-state index contributed by atoms with van der Waals surface area (Å²) >= 11 is 0. The van der Waals surface area contributed by atoms with E-state index in [1.54, 1.807) is 36.0 Å². The summed E-state index contributed by atoms with van der Waals surface area (Å²) in [6.45, 7) is 2.75. The number of fused-ring (bicyclic) bond motifs is 2. The molecule has 6 rings (SSSR count). The first kappa shape index (κ1) is 24.8. The summed E-state index contributed by atoms with van der Waals surface area (Å²) in [4.78, 5) is 15.4. The second-order valence-corrected chi connectivity index (χ2v) is 9.70. The van der Waals surface area contributed by atoms with Crippen molar-refractivity contribution in [3.63, 3.8) is 0 Å². The number of anilines is 2. The Labute approximate surface area is 215 Å². The molecule has 2 aliphatic rings. The molecule has 202 valence electrons. The van der Waals surface area contributed by atoms with Crippen LogP contribution in [0.3, 0.4) is 0 Å². The highest BCUT2D eigenvalue weighted by Crippen LogP contribution is 2.31. The zero-order chi connectivity index (χ0) is 26.6. The van der Waals surface area contributed by atoms with Crippen LogP contribution in [-0.2, 0) is 11.3 Å². The zero-order valence-corrected chi connectivity index (χ0v) is 20.8. The first-order valence-corrected chi connectivity index (χ1v) is 12.4. The maximum absolute atomic E-state index is 15.0. The minimum Gasteiger partial charge on any atom is -0.378 e. The molecule has 6 heterocycles. The van der Waals surface area contributed by atoms with Crippen molar-refractivity contribution < 1.29 is 22.3 Å². The summed E-state index contributed by atoms with van der Waals surface area (Å²) < 4.78 is 62.4. The fourth-order valence-corrected chi connectivity index (χ4v) is 5.12. The Morgan fingerprint density at radius 1 is 1.13 bits per heavy atom. The van der Waals surface area contributed by atoms with Gasteiger partial charge in [-0.1, -0.05) is 0 Å². The van der Waals surface area contributed by atoms with E-state index in [2.05, 4.69) is 35.6 Å². The Hall–Kier alpha value is -3.52.